The van der Waals surface area contributed by atoms with Crippen LogP contribution in [0.25, 0.3) is 16.9 Å². The Kier molecular flexibility index (Phi) is 4.91. The van der Waals surface area contributed by atoms with Gasteiger partial charge in [0.2, 0.25) is 0 Å². The SMILES string of the molecule is COc1cc(OC)cc(C(=O)Nc2ccc(-c3cn4ccc(C)cc4n3)cc2)c1. The number of methoxy groups -OCH3 is 2. The second-order valence-corrected chi connectivity index (χ2v) is 6.73. The standard InChI is InChI=1S/C23H21N3O3/c1-15-8-9-26-14-21(25-22(26)10-15)16-4-6-18(7-5-16)24-23(27)17-11-19(28-2)13-20(12-17)29-3/h4-14H,1-3H3,(H,24,27). The van der Waals surface area contributed by atoms with Crippen LogP contribution in [0.3, 0.4) is 0 Å². The number of ether oxygens (including phenoxy) is 2. The molecule has 0 atom stereocenters. The summed E-state index contributed by atoms with van der Waals surface area (Å²) >= 11 is 0. The molecule has 0 unspecified atom stereocenters. The first-order valence-corrected chi connectivity index (χ1v) is 9.16. The lowest BCUT2D eigenvalue weighted by atomic mass is 10.1. The molecular weight excluding hydrogens is 366 g/mol. The number of fused-ring (bicyclic) bond motifs is 1. The molecule has 6 nitrogen and oxygen atoms in total. The lowest BCUT2D eigenvalue weighted by molar-refractivity contribution is 0.102. The molecule has 0 saturated heterocycles. The fourth-order valence-corrected chi connectivity index (χ4v) is 3.09. The summed E-state index contributed by atoms with van der Waals surface area (Å²) in [5.74, 6) is 0.886. The van der Waals surface area contributed by atoms with E-state index in [2.05, 4.69) is 10.3 Å². The topological polar surface area (TPSA) is 64.9 Å². The zero-order valence-electron chi connectivity index (χ0n) is 16.5. The normalized spacial score (nSPS) is 10.7. The number of carbonyl (C=O) groups is 1. The average molecular weight is 387 g/mol. The van der Waals surface area contributed by atoms with Crippen molar-refractivity contribution >= 4 is 17.2 Å². The second kappa shape index (κ2) is 7.67. The van der Waals surface area contributed by atoms with E-state index < -0.39 is 0 Å². The third-order valence-electron chi connectivity index (χ3n) is 4.67. The van der Waals surface area contributed by atoms with Crippen molar-refractivity contribution in [1.82, 2.24) is 9.38 Å². The van der Waals surface area contributed by atoms with Crippen molar-refractivity contribution in [2.75, 3.05) is 19.5 Å². The zero-order valence-corrected chi connectivity index (χ0v) is 16.5. The van der Waals surface area contributed by atoms with Crippen molar-refractivity contribution in [1.29, 1.82) is 0 Å². The van der Waals surface area contributed by atoms with Gasteiger partial charge in [-0.25, -0.2) is 4.98 Å². The molecule has 4 aromatic rings. The number of aromatic nitrogens is 2. The average Bonchev–Trinajstić information content (AvgIpc) is 3.17. The van der Waals surface area contributed by atoms with Gasteiger partial charge < -0.3 is 19.2 Å². The summed E-state index contributed by atoms with van der Waals surface area (Å²) in [6.45, 7) is 2.05. The highest BCUT2D eigenvalue weighted by Crippen LogP contribution is 2.25. The van der Waals surface area contributed by atoms with Gasteiger partial charge in [0.25, 0.3) is 5.91 Å². The molecule has 146 valence electrons. The Bertz CT molecular complexity index is 1160. The molecule has 1 N–H and O–H groups in total. The molecule has 6 heteroatoms. The maximum atomic E-state index is 12.6. The summed E-state index contributed by atoms with van der Waals surface area (Å²) in [6.07, 6.45) is 3.99. The van der Waals surface area contributed by atoms with Crippen LogP contribution in [0.4, 0.5) is 5.69 Å². The van der Waals surface area contributed by atoms with Gasteiger partial charge in [0, 0.05) is 35.3 Å². The third-order valence-corrected chi connectivity index (χ3v) is 4.67. The van der Waals surface area contributed by atoms with Crippen molar-refractivity contribution in [3.8, 4) is 22.8 Å². The predicted molar refractivity (Wildman–Crippen MR) is 113 cm³/mol. The molecule has 2 aromatic carbocycles. The first kappa shape index (κ1) is 18.6. The molecule has 0 aliphatic heterocycles. The van der Waals surface area contributed by atoms with Crippen molar-refractivity contribution in [3.05, 3.63) is 78.1 Å². The number of amides is 1. The molecule has 2 aromatic heterocycles. The Morgan fingerprint density at radius 2 is 1.66 bits per heavy atom. The maximum absolute atomic E-state index is 12.6. The number of benzene rings is 2. The highest BCUT2D eigenvalue weighted by atomic mass is 16.5. The third kappa shape index (κ3) is 3.91. The van der Waals surface area contributed by atoms with E-state index >= 15 is 0 Å². The summed E-state index contributed by atoms with van der Waals surface area (Å²) in [5.41, 5.74) is 5.09. The van der Waals surface area contributed by atoms with Crippen molar-refractivity contribution in [2.24, 2.45) is 0 Å². The van der Waals surface area contributed by atoms with Crippen molar-refractivity contribution in [3.63, 3.8) is 0 Å². The number of aryl methyl sites for hydroxylation is 1. The number of hydrogen-bond acceptors (Lipinski definition) is 4. The molecular formula is C23H21N3O3. The lowest BCUT2D eigenvalue weighted by Crippen LogP contribution is -2.12. The molecule has 0 radical (unpaired) electrons. The Hall–Kier alpha value is -3.80. The van der Waals surface area contributed by atoms with Gasteiger partial charge in [-0.3, -0.25) is 4.79 Å². The fraction of sp³-hybridized carbons (Fsp3) is 0.130. The monoisotopic (exact) mass is 387 g/mol. The molecule has 0 aliphatic carbocycles. The van der Waals surface area contributed by atoms with Gasteiger partial charge in [-0.2, -0.15) is 0 Å². The van der Waals surface area contributed by atoms with Crippen LogP contribution in [0.15, 0.2) is 67.0 Å². The smallest absolute Gasteiger partial charge is 0.255 e. The molecule has 4 rings (SSSR count). The molecule has 29 heavy (non-hydrogen) atoms. The Labute approximate surface area is 168 Å². The van der Waals surface area contributed by atoms with Crippen LogP contribution in [0.5, 0.6) is 11.5 Å². The van der Waals surface area contributed by atoms with Crippen molar-refractivity contribution in [2.45, 2.75) is 6.92 Å². The minimum Gasteiger partial charge on any atom is -0.497 e. The molecule has 0 aliphatic rings. The number of anilines is 1. The first-order chi connectivity index (χ1) is 14.1. The minimum absolute atomic E-state index is 0.238. The van der Waals surface area contributed by atoms with E-state index in [4.69, 9.17) is 9.47 Å². The Balaban J connectivity index is 1.54. The van der Waals surface area contributed by atoms with Crippen LogP contribution in [-0.4, -0.2) is 29.5 Å². The molecule has 1 amide bonds. The van der Waals surface area contributed by atoms with E-state index in [1.54, 1.807) is 32.4 Å². The van der Waals surface area contributed by atoms with E-state index in [9.17, 15) is 4.79 Å². The lowest BCUT2D eigenvalue weighted by Gasteiger charge is -2.09. The highest BCUT2D eigenvalue weighted by Gasteiger charge is 2.11. The van der Waals surface area contributed by atoms with E-state index in [1.165, 1.54) is 5.56 Å². The number of hydrogen-bond donors (Lipinski definition) is 1. The fourth-order valence-electron chi connectivity index (χ4n) is 3.09. The Morgan fingerprint density at radius 3 is 2.31 bits per heavy atom. The van der Waals surface area contributed by atoms with Crippen LogP contribution in [0, 0.1) is 6.92 Å². The van der Waals surface area contributed by atoms with Crippen LogP contribution in [0.2, 0.25) is 0 Å². The van der Waals surface area contributed by atoms with Gasteiger partial charge in [0.05, 0.1) is 19.9 Å². The predicted octanol–water partition coefficient (Wildman–Crippen LogP) is 4.58. The van der Waals surface area contributed by atoms with E-state index in [-0.39, 0.29) is 5.91 Å². The van der Waals surface area contributed by atoms with Crippen molar-refractivity contribution < 1.29 is 14.3 Å². The number of pyridine rings is 1. The molecule has 0 fully saturated rings. The first-order valence-electron chi connectivity index (χ1n) is 9.16. The summed E-state index contributed by atoms with van der Waals surface area (Å²) < 4.78 is 12.4. The summed E-state index contributed by atoms with van der Waals surface area (Å²) in [5, 5.41) is 2.90. The molecule has 0 bridgehead atoms. The number of imidazole rings is 1. The number of carbonyl (C=O) groups excluding carboxylic acids is 1. The highest BCUT2D eigenvalue weighted by molar-refractivity contribution is 6.04. The maximum Gasteiger partial charge on any atom is 0.255 e. The number of rotatable bonds is 5. The number of nitrogens with one attached hydrogen (secondary N) is 1. The minimum atomic E-state index is -0.238. The van der Waals surface area contributed by atoms with Gasteiger partial charge in [-0.15, -0.1) is 0 Å². The van der Waals surface area contributed by atoms with Gasteiger partial charge in [-0.1, -0.05) is 12.1 Å². The largest absolute Gasteiger partial charge is 0.497 e. The Morgan fingerprint density at radius 1 is 0.966 bits per heavy atom. The summed E-state index contributed by atoms with van der Waals surface area (Å²) in [7, 11) is 3.10. The summed E-state index contributed by atoms with van der Waals surface area (Å²) in [4.78, 5) is 17.3. The summed E-state index contributed by atoms with van der Waals surface area (Å²) in [6, 6.07) is 16.8. The van der Waals surface area contributed by atoms with Gasteiger partial charge >= 0.3 is 0 Å². The molecule has 2 heterocycles. The number of nitrogens with zero attached hydrogens (tertiary/aromatic N) is 2. The van der Waals surface area contributed by atoms with Crippen LogP contribution in [0.1, 0.15) is 15.9 Å². The molecule has 0 saturated carbocycles. The molecule has 0 spiro atoms. The van der Waals surface area contributed by atoms with E-state index in [0.717, 1.165) is 16.9 Å². The quantitative estimate of drug-likeness (QED) is 0.544. The zero-order chi connectivity index (χ0) is 20.4. The van der Waals surface area contributed by atoms with Crippen LogP contribution in [-0.2, 0) is 0 Å². The van der Waals surface area contributed by atoms with Gasteiger partial charge in [-0.05, 0) is 48.9 Å². The second-order valence-electron chi connectivity index (χ2n) is 6.73. The van der Waals surface area contributed by atoms with E-state index in [0.29, 0.717) is 22.7 Å². The van der Waals surface area contributed by atoms with Gasteiger partial charge in [0.1, 0.15) is 17.1 Å². The van der Waals surface area contributed by atoms with E-state index in [1.807, 2.05) is 60.1 Å². The van der Waals surface area contributed by atoms with Crippen LogP contribution >= 0.6 is 0 Å². The van der Waals surface area contributed by atoms with Crippen LogP contribution < -0.4 is 14.8 Å². The van der Waals surface area contributed by atoms with Gasteiger partial charge in [0.15, 0.2) is 0 Å².